The fourth-order valence-electron chi connectivity index (χ4n) is 10.3. The molecule has 4 aliphatic rings. The lowest BCUT2D eigenvalue weighted by Gasteiger charge is -2.49. The summed E-state index contributed by atoms with van der Waals surface area (Å²) in [5.41, 5.74) is 0. The molecule has 22 nitrogen and oxygen atoms in total. The Hall–Kier alpha value is -2.50. The third-order valence-electron chi connectivity index (χ3n) is 13.6. The van der Waals surface area contributed by atoms with Crippen LogP contribution in [-0.2, 0) is 75.8 Å². The smallest absolute Gasteiger partial charge is 0.229 e. The molecule has 4 fully saturated rings. The molecule has 400 valence electrons. The summed E-state index contributed by atoms with van der Waals surface area (Å²) in [6.07, 6.45) is -14.7. The number of hydrogen-bond acceptors (Lipinski definition) is 22. The minimum Gasteiger partial charge on any atom is -0.462 e. The van der Waals surface area contributed by atoms with Gasteiger partial charge in [0.2, 0.25) is 12.6 Å². The van der Waals surface area contributed by atoms with E-state index >= 15 is 0 Å². The SMILES string of the molecule is COC1C(OC)[C@@H](OC)C(CCO)O[C@@H]1O[C@H]1C(CCO)O[C@H](Oc2ccc3ccc(O[C@@H]4OC(CCO)[C@@H](O[C@H]5OC(CCO)[C@@H](OC)[C@@H](OC)C5OC)[C@@H](OC)C4OC)cc3c2)C(OC)C1OC. The lowest BCUT2D eigenvalue weighted by atomic mass is 9.94. The summed E-state index contributed by atoms with van der Waals surface area (Å²) < 4.78 is 111. The van der Waals surface area contributed by atoms with E-state index in [9.17, 15) is 20.4 Å². The molecule has 4 N–H and O–H groups in total. The first-order valence-corrected chi connectivity index (χ1v) is 23.6. The first-order chi connectivity index (χ1) is 34.1. The summed E-state index contributed by atoms with van der Waals surface area (Å²) in [5.74, 6) is 0.867. The third-order valence-corrected chi connectivity index (χ3v) is 13.6. The van der Waals surface area contributed by atoms with Crippen LogP contribution in [0, 0.1) is 0 Å². The van der Waals surface area contributed by atoms with Crippen molar-refractivity contribution in [2.75, 3.05) is 97.5 Å². The van der Waals surface area contributed by atoms with Gasteiger partial charge in [0, 0.05) is 97.5 Å². The van der Waals surface area contributed by atoms with Crippen molar-refractivity contribution in [3.63, 3.8) is 0 Å². The summed E-state index contributed by atoms with van der Waals surface area (Å²) >= 11 is 0. The highest BCUT2D eigenvalue weighted by Crippen LogP contribution is 2.39. The number of rotatable bonds is 26. The topological polar surface area (TPSA) is 247 Å². The van der Waals surface area contributed by atoms with E-state index in [0.29, 0.717) is 11.5 Å². The second-order valence-corrected chi connectivity index (χ2v) is 17.3. The van der Waals surface area contributed by atoms with E-state index in [-0.39, 0.29) is 52.1 Å². The standard InChI is InChI=1S/C48H76O22/c1-53-33-29(15-19-49)65-47(41(59-7)37(33)55-3)69-35-31(17-21-51)67-45(43(61-9)39(35)57-5)63-27-13-11-25-12-14-28(24-26(25)23-27)64-46-44(62-10)40(58-6)36(32(68-46)18-22-52)70-48-42(60-8)38(56-4)34(54-2)30(66-48)16-20-50/h11-14,23-24,29-52H,15-22H2,1-10H3/t29?,30?,31?,32?,33-,34+,35-,36+,37-,38?,39-,40?,41?,42?,43?,44?,45-,46+,47-,48-/m1/s1. The Kier molecular flexibility index (Phi) is 22.5. The van der Waals surface area contributed by atoms with Crippen molar-refractivity contribution < 1.29 is 106 Å². The zero-order valence-corrected chi connectivity index (χ0v) is 41.8. The summed E-state index contributed by atoms with van der Waals surface area (Å²) in [6, 6.07) is 11.0. The molecule has 0 spiro atoms. The van der Waals surface area contributed by atoms with Crippen LogP contribution in [0.3, 0.4) is 0 Å². The van der Waals surface area contributed by atoms with E-state index in [1.165, 1.54) is 56.9 Å². The largest absolute Gasteiger partial charge is 0.462 e. The number of methoxy groups -OCH3 is 10. The monoisotopic (exact) mass is 1000 g/mol. The molecule has 22 heteroatoms. The fourth-order valence-corrected chi connectivity index (χ4v) is 10.3. The van der Waals surface area contributed by atoms with E-state index in [1.807, 2.05) is 24.3 Å². The van der Waals surface area contributed by atoms with Gasteiger partial charge < -0.3 is 106 Å². The Morgan fingerprint density at radius 3 is 0.900 bits per heavy atom. The minimum atomic E-state index is -1.02. The van der Waals surface area contributed by atoms with Crippen LogP contribution < -0.4 is 9.47 Å². The maximum absolute atomic E-state index is 10.2. The molecular formula is C48H76O22. The van der Waals surface area contributed by atoms with Gasteiger partial charge >= 0.3 is 0 Å². The second kappa shape index (κ2) is 27.7. The molecule has 0 saturated carbocycles. The van der Waals surface area contributed by atoms with Crippen LogP contribution in [0.25, 0.3) is 10.8 Å². The normalized spacial score (nSPS) is 38.2. The van der Waals surface area contributed by atoms with E-state index < -0.39 is 123 Å². The fraction of sp³-hybridized carbons (Fsp3) is 0.792. The van der Waals surface area contributed by atoms with Gasteiger partial charge in [-0.1, -0.05) is 12.1 Å². The predicted octanol–water partition coefficient (Wildman–Crippen LogP) is 0.947. The number of hydrogen-bond donors (Lipinski definition) is 4. The highest BCUT2D eigenvalue weighted by molar-refractivity contribution is 5.85. The first kappa shape index (κ1) is 56.8. The van der Waals surface area contributed by atoms with E-state index in [0.717, 1.165) is 10.8 Å². The van der Waals surface area contributed by atoms with E-state index in [2.05, 4.69) is 0 Å². The van der Waals surface area contributed by atoms with Crippen LogP contribution in [-0.4, -0.2) is 241 Å². The lowest BCUT2D eigenvalue weighted by Crippen LogP contribution is -2.65. The van der Waals surface area contributed by atoms with Gasteiger partial charge in [-0.05, 0) is 60.7 Å². The minimum absolute atomic E-state index is 0.149. The van der Waals surface area contributed by atoms with Crippen LogP contribution in [0.15, 0.2) is 36.4 Å². The van der Waals surface area contributed by atoms with Crippen molar-refractivity contribution in [3.8, 4) is 11.5 Å². The molecule has 2 aromatic rings. The van der Waals surface area contributed by atoms with Crippen LogP contribution >= 0.6 is 0 Å². The Morgan fingerprint density at radius 2 is 0.600 bits per heavy atom. The summed E-state index contributed by atoms with van der Waals surface area (Å²) in [5, 5.41) is 41.8. The zero-order valence-electron chi connectivity index (χ0n) is 41.8. The van der Waals surface area contributed by atoms with Gasteiger partial charge in [-0.15, -0.1) is 0 Å². The van der Waals surface area contributed by atoms with Crippen molar-refractivity contribution in [2.24, 2.45) is 0 Å². The maximum Gasteiger partial charge on any atom is 0.229 e. The van der Waals surface area contributed by atoms with Crippen LogP contribution in [0.4, 0.5) is 0 Å². The van der Waals surface area contributed by atoms with Crippen molar-refractivity contribution in [2.45, 2.75) is 149 Å². The van der Waals surface area contributed by atoms with Crippen molar-refractivity contribution in [3.05, 3.63) is 36.4 Å². The van der Waals surface area contributed by atoms with Crippen LogP contribution in [0.2, 0.25) is 0 Å². The van der Waals surface area contributed by atoms with Gasteiger partial charge in [-0.3, -0.25) is 0 Å². The Labute approximate surface area is 409 Å². The molecule has 70 heavy (non-hydrogen) atoms. The molecule has 0 bridgehead atoms. The predicted molar refractivity (Wildman–Crippen MR) is 244 cm³/mol. The van der Waals surface area contributed by atoms with Gasteiger partial charge in [0.25, 0.3) is 0 Å². The van der Waals surface area contributed by atoms with E-state index in [1.54, 1.807) is 26.4 Å². The second-order valence-electron chi connectivity index (χ2n) is 17.3. The first-order valence-electron chi connectivity index (χ1n) is 23.6. The maximum atomic E-state index is 10.2. The highest BCUT2D eigenvalue weighted by Gasteiger charge is 2.55. The summed E-state index contributed by atoms with van der Waals surface area (Å²) in [4.78, 5) is 0. The number of ether oxygens (including phenoxy) is 18. The van der Waals surface area contributed by atoms with Gasteiger partial charge in [-0.2, -0.15) is 0 Å². The molecule has 10 unspecified atom stereocenters. The van der Waals surface area contributed by atoms with Crippen LogP contribution in [0.5, 0.6) is 11.5 Å². The van der Waals surface area contributed by atoms with Gasteiger partial charge in [0.15, 0.2) is 12.6 Å². The molecule has 20 atom stereocenters. The molecule has 4 aliphatic heterocycles. The quantitative estimate of drug-likeness (QED) is 0.102. The molecule has 0 aromatic heterocycles. The van der Waals surface area contributed by atoms with Gasteiger partial charge in [0.1, 0.15) is 84.7 Å². The Bertz CT molecular complexity index is 1690. The van der Waals surface area contributed by atoms with Crippen LogP contribution in [0.1, 0.15) is 25.7 Å². The molecule has 4 heterocycles. The molecule has 2 aromatic carbocycles. The number of aliphatic hydroxyl groups is 4. The molecule has 0 aliphatic carbocycles. The molecule has 4 saturated heterocycles. The highest BCUT2D eigenvalue weighted by atomic mass is 16.8. The number of aliphatic hydroxyl groups excluding tert-OH is 4. The molecular weight excluding hydrogens is 929 g/mol. The average molecular weight is 1010 g/mol. The summed E-state index contributed by atoms with van der Waals surface area (Å²) in [7, 11) is 15.3. The lowest BCUT2D eigenvalue weighted by molar-refractivity contribution is -0.358. The molecule has 0 amide bonds. The Morgan fingerprint density at radius 1 is 0.329 bits per heavy atom. The number of fused-ring (bicyclic) bond motifs is 1. The number of benzene rings is 2. The Balaban J connectivity index is 1.20. The van der Waals surface area contributed by atoms with Crippen molar-refractivity contribution >= 4 is 10.8 Å². The van der Waals surface area contributed by atoms with Crippen molar-refractivity contribution in [1.29, 1.82) is 0 Å². The molecule has 6 rings (SSSR count). The van der Waals surface area contributed by atoms with Crippen molar-refractivity contribution in [1.82, 2.24) is 0 Å². The van der Waals surface area contributed by atoms with Gasteiger partial charge in [0.05, 0.1) is 24.4 Å². The molecule has 0 radical (unpaired) electrons. The van der Waals surface area contributed by atoms with Gasteiger partial charge in [-0.25, -0.2) is 0 Å². The zero-order chi connectivity index (χ0) is 50.5. The third kappa shape index (κ3) is 12.5. The summed E-state index contributed by atoms with van der Waals surface area (Å²) in [6.45, 7) is -0.796. The average Bonchev–Trinajstić information content (AvgIpc) is 3.37. The van der Waals surface area contributed by atoms with E-state index in [4.69, 9.17) is 85.3 Å².